The van der Waals surface area contributed by atoms with Gasteiger partial charge in [-0.2, -0.15) is 0 Å². The maximum atomic E-state index is 5.22. The largest absolute Gasteiger partial charge is 0.343 e. The summed E-state index contributed by atoms with van der Waals surface area (Å²) >= 11 is 2.08. The molecule has 1 heterocycles. The Morgan fingerprint density at radius 2 is 1.88 bits per heavy atom. The van der Waals surface area contributed by atoms with Crippen molar-refractivity contribution < 1.29 is 4.18 Å². The van der Waals surface area contributed by atoms with Gasteiger partial charge in [-0.05, 0) is 52.2 Å². The second kappa shape index (κ2) is 21.1. The van der Waals surface area contributed by atoms with Crippen LogP contribution in [0.25, 0.3) is 0 Å². The van der Waals surface area contributed by atoms with E-state index in [-0.39, 0.29) is 0 Å². The molecule has 0 atom stereocenters. The van der Waals surface area contributed by atoms with Gasteiger partial charge in [-0.25, -0.2) is 0 Å². The fraction of sp³-hybridized carbons (Fsp3) is 0.824. The van der Waals surface area contributed by atoms with Gasteiger partial charge >= 0.3 is 0 Å². The van der Waals surface area contributed by atoms with E-state index < -0.39 is 0 Å². The topological polar surface area (TPSA) is 62.9 Å². The van der Waals surface area contributed by atoms with Crippen molar-refractivity contribution in [2.75, 3.05) is 26.7 Å². The number of allylic oxidation sites excluding steroid dienone is 1. The maximum absolute atomic E-state index is 5.22. The fourth-order valence-electron chi connectivity index (χ4n) is 1.70. The lowest BCUT2D eigenvalue weighted by Gasteiger charge is -2.29. The van der Waals surface area contributed by atoms with E-state index in [0.29, 0.717) is 6.04 Å². The number of hydrogen-bond donors (Lipinski definition) is 2. The Morgan fingerprint density at radius 3 is 2.17 bits per heavy atom. The molecule has 0 aromatic rings. The number of nitrogens with zero attached hydrogens (tertiary/aromatic N) is 2. The molecule has 1 saturated carbocycles. The van der Waals surface area contributed by atoms with Crippen LogP contribution in [0.15, 0.2) is 17.3 Å². The molecule has 7 heteroatoms. The number of halogens is 1. The van der Waals surface area contributed by atoms with Crippen molar-refractivity contribution in [1.82, 2.24) is 10.2 Å². The molecule has 1 aliphatic heterocycles. The molecule has 0 spiro atoms. The summed E-state index contributed by atoms with van der Waals surface area (Å²) < 4.78 is 4.74. The minimum atomic E-state index is 0.583. The minimum Gasteiger partial charge on any atom is -0.343 e. The molecule has 1 saturated heterocycles. The van der Waals surface area contributed by atoms with Gasteiger partial charge in [-0.3, -0.25) is 4.99 Å². The third-order valence-electron chi connectivity index (χ3n) is 3.03. The molecule has 0 amide bonds. The summed E-state index contributed by atoms with van der Waals surface area (Å²) in [6.07, 6.45) is 10.4. The summed E-state index contributed by atoms with van der Waals surface area (Å²) in [5.41, 5.74) is 5.22. The van der Waals surface area contributed by atoms with Gasteiger partial charge in [-0.15, -0.1) is 0 Å². The first kappa shape index (κ1) is 26.2. The molecule has 3 N–H and O–H groups in total. The molecule has 0 bridgehead atoms. The van der Waals surface area contributed by atoms with Crippen LogP contribution in [0.4, 0.5) is 0 Å². The molecule has 2 fully saturated rings. The number of piperidine rings is 1. The molecule has 144 valence electrons. The molecule has 2 aliphatic rings. The van der Waals surface area contributed by atoms with Crippen molar-refractivity contribution in [1.29, 1.82) is 0 Å². The van der Waals surface area contributed by atoms with Crippen LogP contribution in [0.3, 0.4) is 0 Å². The Hall–Kier alpha value is 0.01000. The lowest BCUT2D eigenvalue weighted by molar-refractivity contribution is 0.335. The van der Waals surface area contributed by atoms with E-state index in [2.05, 4.69) is 36.4 Å². The molecule has 5 nitrogen and oxygen atoms in total. The van der Waals surface area contributed by atoms with E-state index in [0.717, 1.165) is 25.7 Å². The average Bonchev–Trinajstić information content (AvgIpc) is 3.42. The molecule has 0 aromatic carbocycles. The fourth-order valence-corrected chi connectivity index (χ4v) is 2.55. The molecule has 0 aromatic heterocycles. The number of nitrogens with one attached hydrogen (secondary N) is 1. The summed E-state index contributed by atoms with van der Waals surface area (Å²) in [6, 6.07) is 0.583. The van der Waals surface area contributed by atoms with Crippen LogP contribution in [-0.2, 0) is 4.18 Å². The third kappa shape index (κ3) is 18.4. The zero-order valence-electron chi connectivity index (χ0n) is 16.1. The lowest BCUT2D eigenvalue weighted by Crippen LogP contribution is -2.42. The Morgan fingerprint density at radius 1 is 1.33 bits per heavy atom. The van der Waals surface area contributed by atoms with Crippen molar-refractivity contribution in [3.05, 3.63) is 12.3 Å². The van der Waals surface area contributed by atoms with Crippen molar-refractivity contribution in [2.45, 2.75) is 65.8 Å². The number of hydrogen-bond acceptors (Lipinski definition) is 4. The van der Waals surface area contributed by atoms with Gasteiger partial charge in [0.15, 0.2) is 5.96 Å². The second-order valence-corrected chi connectivity index (χ2v) is 6.49. The molecule has 24 heavy (non-hydrogen) atoms. The van der Waals surface area contributed by atoms with Crippen LogP contribution in [0.1, 0.15) is 59.8 Å². The van der Waals surface area contributed by atoms with Gasteiger partial charge in [-0.1, -0.05) is 19.9 Å². The summed E-state index contributed by atoms with van der Waals surface area (Å²) in [5.74, 6) is 0.998. The van der Waals surface area contributed by atoms with Crippen LogP contribution >= 0.6 is 30.4 Å². The van der Waals surface area contributed by atoms with E-state index >= 15 is 0 Å². The first-order chi connectivity index (χ1) is 11.7. The molecule has 0 radical (unpaired) electrons. The van der Waals surface area contributed by atoms with Gasteiger partial charge in [0.1, 0.15) is 0 Å². The highest BCUT2D eigenvalue weighted by Crippen LogP contribution is 2.14. The molecule has 0 unspecified atom stereocenters. The minimum absolute atomic E-state index is 0.583. The first-order valence-corrected chi connectivity index (χ1v) is 12.2. The molecule has 2 rings (SSSR count). The molecular formula is C17H37IN4OS. The summed E-state index contributed by atoms with van der Waals surface area (Å²) in [4.78, 5) is 6.54. The van der Waals surface area contributed by atoms with Crippen molar-refractivity contribution >= 4 is 36.4 Å². The Labute approximate surface area is 166 Å². The van der Waals surface area contributed by atoms with Crippen molar-refractivity contribution in [3.8, 4) is 0 Å². The quantitative estimate of drug-likeness (QED) is 0.269. The van der Waals surface area contributed by atoms with E-state index in [9.17, 15) is 0 Å². The Bertz CT molecular complexity index is 305. The van der Waals surface area contributed by atoms with Crippen LogP contribution in [0.2, 0.25) is 0 Å². The van der Waals surface area contributed by atoms with Crippen LogP contribution in [0.5, 0.6) is 0 Å². The van der Waals surface area contributed by atoms with Gasteiger partial charge in [0, 0.05) is 47.4 Å². The highest BCUT2D eigenvalue weighted by atomic mass is 127. The zero-order valence-corrected chi connectivity index (χ0v) is 19.0. The standard InChI is InChI=1S/C10H19N3.C3H7N.C2H5IOS.C2H6/c1-3-7-12-10(11-2)13-8-5-4-6-9-13;4-3-1-2-3;1-2-4-5-3;1-2/h3,7H,4-6,8-9H2,1-2H3,(H,11,12);3H,1-2,4H2;2H2,1H3;1-2H3/b7-3-;;;. The van der Waals surface area contributed by atoms with Crippen LogP contribution in [0, 0.1) is 0 Å². The van der Waals surface area contributed by atoms with Crippen molar-refractivity contribution in [2.24, 2.45) is 10.7 Å². The molecular weight excluding hydrogens is 435 g/mol. The Balaban J connectivity index is 0. The van der Waals surface area contributed by atoms with Gasteiger partial charge in [0.05, 0.1) is 15.8 Å². The predicted molar refractivity (Wildman–Crippen MR) is 119 cm³/mol. The Kier molecular flexibility index (Phi) is 23.0. The maximum Gasteiger partial charge on any atom is 0.197 e. The van der Waals surface area contributed by atoms with Crippen LogP contribution < -0.4 is 11.1 Å². The van der Waals surface area contributed by atoms with Crippen molar-refractivity contribution in [3.63, 3.8) is 0 Å². The highest BCUT2D eigenvalue weighted by Gasteiger charge is 2.13. The smallest absolute Gasteiger partial charge is 0.197 e. The first-order valence-electron chi connectivity index (χ1n) is 8.94. The highest BCUT2D eigenvalue weighted by molar-refractivity contribution is 14.2. The average molecular weight is 472 g/mol. The number of nitrogens with two attached hydrogens (primary N) is 1. The van der Waals surface area contributed by atoms with Gasteiger partial charge in [0.25, 0.3) is 0 Å². The third-order valence-corrected chi connectivity index (χ3v) is 4.12. The second-order valence-electron chi connectivity index (χ2n) is 5.05. The number of aliphatic imine (C=N–C) groups is 1. The van der Waals surface area contributed by atoms with Gasteiger partial charge in [0.2, 0.25) is 0 Å². The van der Waals surface area contributed by atoms with Gasteiger partial charge < -0.3 is 20.1 Å². The monoisotopic (exact) mass is 472 g/mol. The number of likely N-dealkylation sites (tertiary alicyclic amines) is 1. The zero-order chi connectivity index (χ0) is 18.6. The normalized spacial score (nSPS) is 17.0. The van der Waals surface area contributed by atoms with Crippen LogP contribution in [-0.4, -0.2) is 43.6 Å². The summed E-state index contributed by atoms with van der Waals surface area (Å²) in [5, 5.41) is 3.18. The lowest BCUT2D eigenvalue weighted by atomic mass is 10.1. The van der Waals surface area contributed by atoms with E-state index in [4.69, 9.17) is 9.92 Å². The number of rotatable bonds is 3. The SMILES string of the molecule is C/C=C\NC(=NC)N1CCCCC1.CC.CCOSI.NC1CC1. The summed E-state index contributed by atoms with van der Waals surface area (Å²) in [6.45, 7) is 11.0. The predicted octanol–water partition coefficient (Wildman–Crippen LogP) is 4.74. The molecule has 1 aliphatic carbocycles. The van der Waals surface area contributed by atoms with E-state index in [1.54, 1.807) is 0 Å². The number of guanidine groups is 1. The summed E-state index contributed by atoms with van der Waals surface area (Å²) in [7, 11) is 3.21. The van der Waals surface area contributed by atoms with E-state index in [1.807, 2.05) is 47.0 Å². The van der Waals surface area contributed by atoms with E-state index in [1.165, 1.54) is 41.3 Å².